The zero-order valence-corrected chi connectivity index (χ0v) is 17.0. The first kappa shape index (κ1) is 22.3. The maximum absolute atomic E-state index is 3.32. The third kappa shape index (κ3) is 15.2. The Morgan fingerprint density at radius 1 is 0.560 bits per heavy atom. The summed E-state index contributed by atoms with van der Waals surface area (Å²) in [6, 6.07) is 11.7. The highest BCUT2D eigenvalue weighted by Gasteiger charge is 1.96. The Kier molecular flexibility index (Phi) is 16.0. The van der Waals surface area contributed by atoms with Crippen molar-refractivity contribution in [3.05, 3.63) is 35.9 Å². The first-order valence-corrected chi connectivity index (χ1v) is 11.4. The molecule has 1 aromatic carbocycles. The van der Waals surface area contributed by atoms with Crippen molar-refractivity contribution in [1.82, 2.24) is 0 Å². The lowest BCUT2D eigenvalue weighted by atomic mass is 10.0. The number of hydrogen-bond donors (Lipinski definition) is 0. The number of hydrogen-bond acceptors (Lipinski definition) is 0. The van der Waals surface area contributed by atoms with Gasteiger partial charge in [-0.05, 0) is 24.5 Å². The third-order valence-electron chi connectivity index (χ3n) is 5.32. The summed E-state index contributed by atoms with van der Waals surface area (Å²) in [7, 11) is 0. The lowest BCUT2D eigenvalue weighted by Gasteiger charge is -2.04. The molecule has 0 unspecified atom stereocenters. The monoisotopic (exact) mass is 343 g/mol. The van der Waals surface area contributed by atoms with Crippen LogP contribution in [0, 0.1) is 6.07 Å². The van der Waals surface area contributed by atoms with Crippen LogP contribution < -0.4 is 0 Å². The molecule has 0 aliphatic carbocycles. The van der Waals surface area contributed by atoms with Crippen LogP contribution >= 0.6 is 0 Å². The first-order chi connectivity index (χ1) is 12.4. The highest BCUT2D eigenvalue weighted by molar-refractivity contribution is 5.12. The molecule has 0 atom stereocenters. The fraction of sp³-hybridized carbons (Fsp3) is 0.760. The van der Waals surface area contributed by atoms with Crippen LogP contribution in [0.3, 0.4) is 0 Å². The molecule has 0 saturated carbocycles. The molecule has 0 bridgehead atoms. The predicted molar refractivity (Wildman–Crippen MR) is 113 cm³/mol. The molecule has 0 heteroatoms. The van der Waals surface area contributed by atoms with Crippen molar-refractivity contribution in [2.45, 2.75) is 122 Å². The van der Waals surface area contributed by atoms with E-state index >= 15 is 0 Å². The zero-order chi connectivity index (χ0) is 17.8. The Labute approximate surface area is 158 Å². The van der Waals surface area contributed by atoms with Crippen LogP contribution in [-0.4, -0.2) is 0 Å². The largest absolute Gasteiger partial charge is 0.0654 e. The summed E-state index contributed by atoms with van der Waals surface area (Å²) < 4.78 is 0. The Balaban J connectivity index is 1.69. The molecule has 25 heavy (non-hydrogen) atoms. The van der Waals surface area contributed by atoms with Gasteiger partial charge in [-0.25, -0.2) is 0 Å². The molecule has 0 aliphatic rings. The maximum Gasteiger partial charge on any atom is -0.0149 e. The van der Waals surface area contributed by atoms with E-state index in [1.165, 1.54) is 121 Å². The molecule has 0 spiro atoms. The topological polar surface area (TPSA) is 0 Å². The molecule has 1 rings (SSSR count). The second-order valence-corrected chi connectivity index (χ2v) is 7.79. The van der Waals surface area contributed by atoms with Crippen LogP contribution in [-0.2, 0) is 6.42 Å². The van der Waals surface area contributed by atoms with Crippen molar-refractivity contribution >= 4 is 0 Å². The van der Waals surface area contributed by atoms with Crippen LogP contribution in [0.2, 0.25) is 0 Å². The summed E-state index contributed by atoms with van der Waals surface area (Å²) in [5.74, 6) is 0. The second-order valence-electron chi connectivity index (χ2n) is 7.79. The van der Waals surface area contributed by atoms with E-state index in [2.05, 4.69) is 31.2 Å². The van der Waals surface area contributed by atoms with Gasteiger partial charge in [-0.2, -0.15) is 0 Å². The molecule has 0 aromatic heterocycles. The summed E-state index contributed by atoms with van der Waals surface area (Å²) >= 11 is 0. The maximum atomic E-state index is 3.32. The number of benzene rings is 1. The average molecular weight is 344 g/mol. The standard InChI is InChI=1S/C25H43/c1-2-3-4-5-6-7-8-9-10-11-12-13-14-15-16-17-19-22-25-23-20-18-21-24-25/h18,20-21,23H,2-17,19,22H2,1H3. The smallest absolute Gasteiger partial charge is 0.0149 e. The normalized spacial score (nSPS) is 11.1. The minimum atomic E-state index is 1.21. The van der Waals surface area contributed by atoms with Crippen molar-refractivity contribution in [3.8, 4) is 0 Å². The van der Waals surface area contributed by atoms with Gasteiger partial charge in [0.15, 0.2) is 0 Å². The molecule has 0 saturated heterocycles. The van der Waals surface area contributed by atoms with Gasteiger partial charge in [-0.1, -0.05) is 134 Å². The quantitative estimate of drug-likeness (QED) is 0.234. The summed E-state index contributed by atoms with van der Waals surface area (Å²) in [4.78, 5) is 0. The molecule has 143 valence electrons. The SMILES string of the molecule is CCCCCCCCCCCCCCCCCCCc1[c]cccc1. The molecule has 1 aromatic rings. The minimum Gasteiger partial charge on any atom is -0.0654 e. The van der Waals surface area contributed by atoms with Gasteiger partial charge >= 0.3 is 0 Å². The molecule has 0 aliphatic heterocycles. The van der Waals surface area contributed by atoms with E-state index < -0.39 is 0 Å². The lowest BCUT2D eigenvalue weighted by Crippen LogP contribution is -1.86. The fourth-order valence-electron chi connectivity index (χ4n) is 3.63. The zero-order valence-electron chi connectivity index (χ0n) is 17.0. The lowest BCUT2D eigenvalue weighted by molar-refractivity contribution is 0.527. The number of unbranched alkanes of at least 4 members (excludes halogenated alkanes) is 16. The second kappa shape index (κ2) is 18.0. The van der Waals surface area contributed by atoms with Crippen LogP contribution in [0.1, 0.15) is 122 Å². The van der Waals surface area contributed by atoms with Crippen molar-refractivity contribution in [1.29, 1.82) is 0 Å². The van der Waals surface area contributed by atoms with Crippen LogP contribution in [0.4, 0.5) is 0 Å². The Morgan fingerprint density at radius 3 is 1.40 bits per heavy atom. The van der Waals surface area contributed by atoms with E-state index in [-0.39, 0.29) is 0 Å². The Hall–Kier alpha value is -0.780. The highest BCUT2D eigenvalue weighted by atomic mass is 14.0. The summed E-state index contributed by atoms with van der Waals surface area (Å²) in [5.41, 5.74) is 1.38. The van der Waals surface area contributed by atoms with Gasteiger partial charge in [0.05, 0.1) is 0 Å². The number of aryl methyl sites for hydroxylation is 1. The van der Waals surface area contributed by atoms with Crippen LogP contribution in [0.15, 0.2) is 24.3 Å². The highest BCUT2D eigenvalue weighted by Crippen LogP contribution is 2.14. The molecule has 0 N–H and O–H groups in total. The van der Waals surface area contributed by atoms with E-state index in [9.17, 15) is 0 Å². The molecule has 0 fully saturated rings. The van der Waals surface area contributed by atoms with Crippen molar-refractivity contribution in [3.63, 3.8) is 0 Å². The van der Waals surface area contributed by atoms with Gasteiger partial charge in [-0.3, -0.25) is 0 Å². The van der Waals surface area contributed by atoms with Gasteiger partial charge in [-0.15, -0.1) is 0 Å². The van der Waals surface area contributed by atoms with Gasteiger partial charge in [0.1, 0.15) is 0 Å². The molecule has 0 amide bonds. The van der Waals surface area contributed by atoms with Crippen molar-refractivity contribution in [2.24, 2.45) is 0 Å². The van der Waals surface area contributed by atoms with E-state index in [1.54, 1.807) is 0 Å². The summed E-state index contributed by atoms with van der Waals surface area (Å²) in [6.07, 6.45) is 25.8. The van der Waals surface area contributed by atoms with E-state index in [0.717, 1.165) is 0 Å². The average Bonchev–Trinajstić information content (AvgIpc) is 2.65. The fourth-order valence-corrected chi connectivity index (χ4v) is 3.63. The van der Waals surface area contributed by atoms with Gasteiger partial charge < -0.3 is 0 Å². The van der Waals surface area contributed by atoms with E-state index in [4.69, 9.17) is 0 Å². The van der Waals surface area contributed by atoms with Crippen LogP contribution in [0.25, 0.3) is 0 Å². The van der Waals surface area contributed by atoms with Gasteiger partial charge in [0.2, 0.25) is 0 Å². The van der Waals surface area contributed by atoms with E-state index in [0.29, 0.717) is 0 Å². The Morgan fingerprint density at radius 2 is 1.00 bits per heavy atom. The molecule has 0 heterocycles. The Bertz CT molecular complexity index is 354. The van der Waals surface area contributed by atoms with Crippen LogP contribution in [0.5, 0.6) is 0 Å². The number of rotatable bonds is 18. The first-order valence-electron chi connectivity index (χ1n) is 11.4. The predicted octanol–water partition coefficient (Wildman–Crippen LogP) is 8.68. The summed E-state index contributed by atoms with van der Waals surface area (Å²) in [6.45, 7) is 2.30. The van der Waals surface area contributed by atoms with E-state index in [1.807, 2.05) is 6.07 Å². The third-order valence-corrected chi connectivity index (χ3v) is 5.32. The molecule has 0 nitrogen and oxygen atoms in total. The summed E-state index contributed by atoms with van der Waals surface area (Å²) in [5, 5.41) is 0. The van der Waals surface area contributed by atoms with Crippen molar-refractivity contribution in [2.75, 3.05) is 0 Å². The molecular formula is C25H43. The van der Waals surface area contributed by atoms with Gasteiger partial charge in [0, 0.05) is 0 Å². The molecule has 1 radical (unpaired) electrons. The van der Waals surface area contributed by atoms with Crippen molar-refractivity contribution < 1.29 is 0 Å². The minimum absolute atomic E-state index is 1.21. The molecular weight excluding hydrogens is 300 g/mol. The van der Waals surface area contributed by atoms with Gasteiger partial charge in [0.25, 0.3) is 0 Å².